The number of rotatable bonds is 12. The summed E-state index contributed by atoms with van der Waals surface area (Å²) in [6, 6.07) is 10.9. The molecule has 4 aromatic rings. The van der Waals surface area contributed by atoms with Crippen LogP contribution < -0.4 is 22.4 Å². The van der Waals surface area contributed by atoms with Gasteiger partial charge in [0.25, 0.3) is 11.8 Å². The van der Waals surface area contributed by atoms with Crippen LogP contribution in [0.3, 0.4) is 0 Å². The Morgan fingerprint density at radius 3 is 1.44 bits per heavy atom. The summed E-state index contributed by atoms with van der Waals surface area (Å²) >= 11 is 0. The van der Waals surface area contributed by atoms with Crippen LogP contribution in [0.4, 0.5) is 0 Å². The number of likely N-dealkylation sites (tertiary alicyclic amines) is 2. The number of carbonyl (C=O) groups is 4. The molecule has 0 radical (unpaired) electrons. The molecule has 0 unspecified atom stereocenters. The number of aromatic nitrogens is 4. The maximum Gasteiger partial charge on any atom is 0.264 e. The van der Waals surface area contributed by atoms with E-state index in [1.54, 1.807) is 69.7 Å². The van der Waals surface area contributed by atoms with Crippen molar-refractivity contribution < 1.29 is 46.4 Å². The molecule has 2 saturated heterocycles. The van der Waals surface area contributed by atoms with E-state index in [0.717, 1.165) is 34.4 Å². The average Bonchev–Trinajstić information content (AvgIpc) is 3.87. The van der Waals surface area contributed by atoms with Crippen molar-refractivity contribution in [2.24, 2.45) is 23.3 Å². The minimum atomic E-state index is -3.78. The van der Waals surface area contributed by atoms with Crippen molar-refractivity contribution in [2.45, 2.75) is 68.7 Å². The number of aryl methyl sites for hydroxylation is 2. The van der Waals surface area contributed by atoms with E-state index in [4.69, 9.17) is 21.9 Å². The lowest BCUT2D eigenvalue weighted by atomic mass is 9.96. The highest BCUT2D eigenvalue weighted by Gasteiger charge is 2.44. The summed E-state index contributed by atoms with van der Waals surface area (Å²) < 4.78 is 48.0. The maximum atomic E-state index is 12.1. The second kappa shape index (κ2) is 21.0. The number of nitrogens with two attached hydrogens (primary N) is 2. The normalized spacial score (nSPS) is 15.6. The van der Waals surface area contributed by atoms with Crippen LogP contribution in [-0.4, -0.2) is 141 Å². The molecule has 360 valence electrons. The van der Waals surface area contributed by atoms with Crippen molar-refractivity contribution in [1.29, 1.82) is 0 Å². The molecule has 8 N–H and O–H groups in total. The molecule has 2 aliphatic heterocycles. The molecule has 4 heterocycles. The van der Waals surface area contributed by atoms with Gasteiger partial charge in [-0.1, -0.05) is 23.7 Å². The Hall–Kier alpha value is -6.76. The first-order chi connectivity index (χ1) is 31.8. The van der Waals surface area contributed by atoms with E-state index in [-0.39, 0.29) is 56.1 Å². The molecule has 0 aliphatic carbocycles. The van der Waals surface area contributed by atoms with Gasteiger partial charge in [0.1, 0.15) is 0 Å². The number of hydrogen-bond donors (Lipinski definition) is 6. The van der Waals surface area contributed by atoms with E-state index < -0.39 is 46.5 Å². The first kappa shape index (κ1) is 52.2. The largest absolute Gasteiger partial charge is 0.339 e. The quantitative estimate of drug-likeness (QED) is 0.0609. The van der Waals surface area contributed by atoms with Gasteiger partial charge in [-0.2, -0.15) is 10.2 Å². The zero-order chi connectivity index (χ0) is 50.2. The van der Waals surface area contributed by atoms with E-state index in [0.29, 0.717) is 37.2 Å². The molecular weight excluding hydrogens is 917 g/mol. The van der Waals surface area contributed by atoms with Gasteiger partial charge in [-0.05, 0) is 101 Å². The van der Waals surface area contributed by atoms with Gasteiger partial charge in [0, 0.05) is 86.1 Å². The topological polar surface area (TPSA) is 295 Å². The number of nitrogens with zero attached hydrogens (tertiary/aromatic N) is 6. The predicted octanol–water partition coefficient (Wildman–Crippen LogP) is -0.207. The zero-order valence-corrected chi connectivity index (χ0v) is 40.1. The number of hydroxylamine groups is 2. The van der Waals surface area contributed by atoms with Crippen molar-refractivity contribution in [3.05, 3.63) is 59.9 Å². The lowest BCUT2D eigenvalue weighted by Crippen LogP contribution is -2.58. The number of hydrogen-bond acceptors (Lipinski definition) is 14. The monoisotopic (exact) mass is 970 g/mol. The van der Waals surface area contributed by atoms with Crippen molar-refractivity contribution in [2.75, 3.05) is 45.2 Å². The van der Waals surface area contributed by atoms with Crippen LogP contribution in [0.15, 0.2) is 48.8 Å². The predicted molar refractivity (Wildman–Crippen MR) is 252 cm³/mol. The van der Waals surface area contributed by atoms with Crippen LogP contribution in [0.1, 0.15) is 51.7 Å². The van der Waals surface area contributed by atoms with Crippen molar-refractivity contribution in [1.82, 2.24) is 40.3 Å². The fourth-order valence-electron chi connectivity index (χ4n) is 6.89. The van der Waals surface area contributed by atoms with Crippen LogP contribution in [0, 0.1) is 59.2 Å². The second-order valence-electron chi connectivity index (χ2n) is 17.6. The molecule has 4 amide bonds. The molecular formula is C46H54N10O10S2. The molecule has 68 heavy (non-hydrogen) atoms. The van der Waals surface area contributed by atoms with Crippen LogP contribution >= 0.6 is 0 Å². The minimum Gasteiger partial charge on any atom is -0.339 e. The summed E-state index contributed by atoms with van der Waals surface area (Å²) in [6.07, 6.45) is 5.26. The highest BCUT2D eigenvalue weighted by molar-refractivity contribution is 7.93. The van der Waals surface area contributed by atoms with E-state index in [2.05, 4.69) is 57.6 Å². The van der Waals surface area contributed by atoms with Gasteiger partial charge < -0.3 is 21.3 Å². The zero-order valence-electron chi connectivity index (χ0n) is 38.5. The first-order valence-corrected chi connectivity index (χ1v) is 24.9. The Bertz CT molecular complexity index is 3100. The number of sulfone groups is 2. The van der Waals surface area contributed by atoms with Crippen LogP contribution in [-0.2, 0) is 51.9 Å². The summed E-state index contributed by atoms with van der Waals surface area (Å²) in [5, 5.41) is 28.3. The van der Waals surface area contributed by atoms with Gasteiger partial charge in [0.15, 0.2) is 29.2 Å². The van der Waals surface area contributed by atoms with E-state index in [1.807, 2.05) is 12.1 Å². The van der Waals surface area contributed by atoms with Crippen LogP contribution in [0.5, 0.6) is 0 Å². The van der Waals surface area contributed by atoms with Gasteiger partial charge in [-0.3, -0.25) is 39.0 Å². The van der Waals surface area contributed by atoms with Gasteiger partial charge in [0.05, 0.1) is 35.0 Å². The molecule has 2 atom stereocenters. The summed E-state index contributed by atoms with van der Waals surface area (Å²) in [4.78, 5) is 50.7. The van der Waals surface area contributed by atoms with Crippen LogP contribution in [0.2, 0.25) is 0 Å². The van der Waals surface area contributed by atoms with Gasteiger partial charge in [-0.25, -0.2) is 27.8 Å². The summed E-state index contributed by atoms with van der Waals surface area (Å²) in [6.45, 7) is 8.48. The highest BCUT2D eigenvalue weighted by Crippen LogP contribution is 2.25. The SMILES string of the molecule is CC(C)(N)C(=O)N1CC(C#CC#Cc2ccc3nn(CC[C@](C)(C(=O)NO)S(C)(=O)=O)cc3c2)C1.C[C@@](CCn1cc2cc(C#CC#CC3CN(C(=O)CN)C3)ccc2n1)(C(=O)NO)S(C)(=O)=O. The Labute approximate surface area is 394 Å². The Morgan fingerprint density at radius 2 is 1.09 bits per heavy atom. The second-order valence-corrected chi connectivity index (χ2v) is 22.5. The van der Waals surface area contributed by atoms with Gasteiger partial charge >= 0.3 is 0 Å². The number of nitrogens with one attached hydrogen (secondary N) is 2. The van der Waals surface area contributed by atoms with Gasteiger partial charge in [-0.15, -0.1) is 0 Å². The molecule has 0 spiro atoms. The Morgan fingerprint density at radius 1 is 0.691 bits per heavy atom. The van der Waals surface area contributed by atoms with E-state index in [1.165, 1.54) is 24.8 Å². The van der Waals surface area contributed by atoms with Crippen molar-refractivity contribution >= 4 is 65.1 Å². The highest BCUT2D eigenvalue weighted by atomic mass is 32.2. The first-order valence-electron chi connectivity index (χ1n) is 21.1. The molecule has 2 fully saturated rings. The molecule has 6 rings (SSSR count). The molecule has 2 aliphatic rings. The van der Waals surface area contributed by atoms with Crippen LogP contribution in [0.25, 0.3) is 21.8 Å². The third-order valence-corrected chi connectivity index (χ3v) is 15.8. The molecule has 22 heteroatoms. The molecule has 2 aromatic heterocycles. The fraction of sp³-hybridized carbons (Fsp3) is 0.435. The minimum absolute atomic E-state index is 0.00796. The standard InChI is InChI=1S/C24H29N5O5S.C22H25N5O5S/c1-23(2,25)22(31)28-14-18(15-28)8-6-5-7-17-9-10-20-19(13-17)16-29(26-20)12-11-24(3,21(30)27-32)35(4,33)34;1-22(21(29)25-30,33(2,31)32)9-10-27-15-18-11-16(7-8-19(18)24-27)5-3-4-6-17-13-26(14-17)20(28)12-23/h9-10,13,16,18,32H,11-12,14-15,25H2,1-4H3,(H,27,30);7-8,11,15,17,30H,9-10,12-14,23H2,1-2H3,(H,25,29)/t24-;22-/m11/s1. The fourth-order valence-corrected chi connectivity index (χ4v) is 8.58. The van der Waals surface area contributed by atoms with Gasteiger partial charge in [0.2, 0.25) is 11.8 Å². The molecule has 0 bridgehead atoms. The Kier molecular flexibility index (Phi) is 16.2. The molecule has 0 saturated carbocycles. The van der Waals surface area contributed by atoms with E-state index in [9.17, 15) is 36.0 Å². The third kappa shape index (κ3) is 12.4. The summed E-state index contributed by atoms with van der Waals surface area (Å²) in [5.74, 6) is 21.4. The summed E-state index contributed by atoms with van der Waals surface area (Å²) in [5.41, 5.74) is 16.0. The molecule has 20 nitrogen and oxygen atoms in total. The lowest BCUT2D eigenvalue weighted by molar-refractivity contribution is -0.141. The number of carbonyl (C=O) groups excluding carboxylic acids is 4. The number of benzene rings is 2. The number of amides is 4. The lowest BCUT2D eigenvalue weighted by Gasteiger charge is -2.39. The molecule has 2 aromatic carbocycles. The summed E-state index contributed by atoms with van der Waals surface area (Å²) in [7, 11) is -7.56. The smallest absolute Gasteiger partial charge is 0.264 e. The van der Waals surface area contributed by atoms with Crippen molar-refractivity contribution in [3.8, 4) is 47.4 Å². The van der Waals surface area contributed by atoms with Crippen molar-refractivity contribution in [3.63, 3.8) is 0 Å². The maximum absolute atomic E-state index is 12.1. The average molecular weight is 971 g/mol. The third-order valence-electron chi connectivity index (χ3n) is 11.8. The number of fused-ring (bicyclic) bond motifs is 2. The van der Waals surface area contributed by atoms with E-state index >= 15 is 0 Å². The Balaban J connectivity index is 0.000000255.